The van der Waals surface area contributed by atoms with Crippen molar-refractivity contribution in [3.8, 4) is 11.3 Å². The predicted octanol–water partition coefficient (Wildman–Crippen LogP) is 4.96. The summed E-state index contributed by atoms with van der Waals surface area (Å²) in [5, 5.41) is 3.35. The molecule has 0 saturated heterocycles. The number of benzene rings is 1. The molecule has 2 nitrogen and oxygen atoms in total. The smallest absolute Gasteiger partial charge is 0.134 e. The van der Waals surface area contributed by atoms with Gasteiger partial charge in [0.1, 0.15) is 11.5 Å². The van der Waals surface area contributed by atoms with Gasteiger partial charge in [0, 0.05) is 5.56 Å². The summed E-state index contributed by atoms with van der Waals surface area (Å²) >= 11 is 0. The molecule has 1 aromatic heterocycles. The lowest BCUT2D eigenvalue weighted by Crippen LogP contribution is -2.12. The highest BCUT2D eigenvalue weighted by Crippen LogP contribution is 2.25. The quantitative estimate of drug-likeness (QED) is 0.720. The minimum absolute atomic E-state index is 0.620. The fourth-order valence-corrected chi connectivity index (χ4v) is 2.23. The number of furan rings is 1. The Kier molecular flexibility index (Phi) is 5.42. The third-order valence-electron chi connectivity index (χ3n) is 3.76. The molecule has 0 fully saturated rings. The monoisotopic (exact) mass is 271 g/mol. The molecule has 0 spiro atoms. The molecule has 2 rings (SSSR count). The summed E-state index contributed by atoms with van der Waals surface area (Å²) in [4.78, 5) is 0. The molecule has 0 amide bonds. The maximum Gasteiger partial charge on any atom is 0.134 e. The van der Waals surface area contributed by atoms with E-state index < -0.39 is 0 Å². The first-order chi connectivity index (χ1) is 9.74. The molecule has 0 radical (unpaired) electrons. The van der Waals surface area contributed by atoms with Crippen molar-refractivity contribution in [2.75, 3.05) is 6.54 Å². The lowest BCUT2D eigenvalue weighted by Gasteiger charge is -2.08. The van der Waals surface area contributed by atoms with E-state index >= 15 is 0 Å². The second kappa shape index (κ2) is 7.30. The lowest BCUT2D eigenvalue weighted by atomic mass is 9.97. The van der Waals surface area contributed by atoms with Crippen LogP contribution >= 0.6 is 0 Å². The Balaban J connectivity index is 2.04. The van der Waals surface area contributed by atoms with E-state index in [9.17, 15) is 0 Å². The number of hydrogen-bond acceptors (Lipinski definition) is 2. The van der Waals surface area contributed by atoms with E-state index in [1.807, 2.05) is 0 Å². The first-order valence-electron chi connectivity index (χ1n) is 7.64. The van der Waals surface area contributed by atoms with Crippen LogP contribution < -0.4 is 5.32 Å². The molecule has 2 heteroatoms. The molecule has 1 heterocycles. The summed E-state index contributed by atoms with van der Waals surface area (Å²) < 4.78 is 5.88. The van der Waals surface area contributed by atoms with Gasteiger partial charge in [0.15, 0.2) is 0 Å². The molecule has 0 bridgehead atoms. The zero-order chi connectivity index (χ0) is 14.4. The van der Waals surface area contributed by atoms with Crippen LogP contribution in [0.25, 0.3) is 11.3 Å². The summed E-state index contributed by atoms with van der Waals surface area (Å²) in [6.07, 6.45) is 2.32. The predicted molar refractivity (Wildman–Crippen MR) is 84.8 cm³/mol. The highest BCUT2D eigenvalue weighted by Gasteiger charge is 2.06. The Bertz CT molecular complexity index is 512. The van der Waals surface area contributed by atoms with Crippen LogP contribution in [0.3, 0.4) is 0 Å². The topological polar surface area (TPSA) is 25.2 Å². The first kappa shape index (κ1) is 14.9. The molecule has 2 aromatic rings. The van der Waals surface area contributed by atoms with Crippen LogP contribution in [0.15, 0.2) is 40.8 Å². The van der Waals surface area contributed by atoms with Gasteiger partial charge < -0.3 is 9.73 Å². The molecule has 1 aromatic carbocycles. The summed E-state index contributed by atoms with van der Waals surface area (Å²) in [7, 11) is 0. The minimum atomic E-state index is 0.620. The van der Waals surface area contributed by atoms with Gasteiger partial charge in [-0.15, -0.1) is 0 Å². The van der Waals surface area contributed by atoms with Gasteiger partial charge in [-0.2, -0.15) is 0 Å². The number of rotatable bonds is 7. The van der Waals surface area contributed by atoms with Crippen LogP contribution in [-0.4, -0.2) is 6.54 Å². The standard InChI is InChI=1S/C18H25NO/c1-4-12-19-13-17-10-11-18(20-17)16-8-6-15(7-9-16)14(3)5-2/h6-11,14,19H,4-5,12-13H2,1-3H3. The van der Waals surface area contributed by atoms with Crippen LogP contribution in [-0.2, 0) is 6.54 Å². The molecule has 20 heavy (non-hydrogen) atoms. The van der Waals surface area contributed by atoms with Crippen molar-refractivity contribution >= 4 is 0 Å². The Morgan fingerprint density at radius 1 is 1.05 bits per heavy atom. The molecule has 0 aliphatic heterocycles. The SMILES string of the molecule is CCCNCc1ccc(-c2ccc(C(C)CC)cc2)o1. The highest BCUT2D eigenvalue weighted by molar-refractivity contribution is 5.58. The Hall–Kier alpha value is -1.54. The van der Waals surface area contributed by atoms with E-state index in [2.05, 4.69) is 62.5 Å². The van der Waals surface area contributed by atoms with Crippen molar-refractivity contribution in [2.45, 2.75) is 46.1 Å². The van der Waals surface area contributed by atoms with Crippen molar-refractivity contribution in [1.82, 2.24) is 5.32 Å². The molecule has 108 valence electrons. The van der Waals surface area contributed by atoms with E-state index in [1.54, 1.807) is 0 Å². The van der Waals surface area contributed by atoms with E-state index in [0.717, 1.165) is 36.6 Å². The largest absolute Gasteiger partial charge is 0.460 e. The summed E-state index contributed by atoms with van der Waals surface area (Å²) in [6.45, 7) is 8.48. The van der Waals surface area contributed by atoms with Gasteiger partial charge in [-0.3, -0.25) is 0 Å². The number of nitrogens with one attached hydrogen (secondary N) is 1. The molecule has 1 N–H and O–H groups in total. The van der Waals surface area contributed by atoms with Gasteiger partial charge in [0.05, 0.1) is 6.54 Å². The van der Waals surface area contributed by atoms with Gasteiger partial charge in [-0.05, 0) is 43.0 Å². The van der Waals surface area contributed by atoms with Crippen molar-refractivity contribution in [3.05, 3.63) is 47.7 Å². The summed E-state index contributed by atoms with van der Waals surface area (Å²) in [5.41, 5.74) is 2.55. The van der Waals surface area contributed by atoms with E-state index in [-0.39, 0.29) is 0 Å². The average molecular weight is 271 g/mol. The van der Waals surface area contributed by atoms with Crippen LogP contribution in [0.2, 0.25) is 0 Å². The highest BCUT2D eigenvalue weighted by atomic mass is 16.3. The fourth-order valence-electron chi connectivity index (χ4n) is 2.23. The van der Waals surface area contributed by atoms with Gasteiger partial charge >= 0.3 is 0 Å². The van der Waals surface area contributed by atoms with Crippen LogP contribution in [0.5, 0.6) is 0 Å². The van der Waals surface area contributed by atoms with Crippen molar-refractivity contribution in [2.24, 2.45) is 0 Å². The molecule has 0 saturated carbocycles. The van der Waals surface area contributed by atoms with Crippen molar-refractivity contribution in [1.29, 1.82) is 0 Å². The third-order valence-corrected chi connectivity index (χ3v) is 3.76. The zero-order valence-corrected chi connectivity index (χ0v) is 12.8. The fraction of sp³-hybridized carbons (Fsp3) is 0.444. The Labute approximate surface area is 122 Å². The molecule has 1 unspecified atom stereocenters. The molecular weight excluding hydrogens is 246 g/mol. The molecular formula is C18H25NO. The van der Waals surface area contributed by atoms with E-state index in [4.69, 9.17) is 4.42 Å². The Morgan fingerprint density at radius 3 is 2.45 bits per heavy atom. The second-order valence-corrected chi connectivity index (χ2v) is 5.37. The molecule has 1 atom stereocenters. The first-order valence-corrected chi connectivity index (χ1v) is 7.64. The Morgan fingerprint density at radius 2 is 1.80 bits per heavy atom. The minimum Gasteiger partial charge on any atom is -0.460 e. The van der Waals surface area contributed by atoms with E-state index in [1.165, 1.54) is 12.0 Å². The normalized spacial score (nSPS) is 12.6. The van der Waals surface area contributed by atoms with E-state index in [0.29, 0.717) is 5.92 Å². The number of hydrogen-bond donors (Lipinski definition) is 1. The van der Waals surface area contributed by atoms with Gasteiger partial charge in [-0.25, -0.2) is 0 Å². The average Bonchev–Trinajstić information content (AvgIpc) is 2.96. The maximum absolute atomic E-state index is 5.88. The van der Waals surface area contributed by atoms with Gasteiger partial charge in [0.2, 0.25) is 0 Å². The third kappa shape index (κ3) is 3.73. The van der Waals surface area contributed by atoms with Crippen molar-refractivity contribution < 1.29 is 4.42 Å². The van der Waals surface area contributed by atoms with Crippen LogP contribution in [0.1, 0.15) is 50.9 Å². The van der Waals surface area contributed by atoms with Crippen LogP contribution in [0.4, 0.5) is 0 Å². The molecule has 0 aliphatic carbocycles. The van der Waals surface area contributed by atoms with Crippen LogP contribution in [0, 0.1) is 0 Å². The zero-order valence-electron chi connectivity index (χ0n) is 12.8. The van der Waals surface area contributed by atoms with Gasteiger partial charge in [-0.1, -0.05) is 45.0 Å². The van der Waals surface area contributed by atoms with Gasteiger partial charge in [0.25, 0.3) is 0 Å². The molecule has 0 aliphatic rings. The lowest BCUT2D eigenvalue weighted by molar-refractivity contribution is 0.493. The maximum atomic E-state index is 5.88. The van der Waals surface area contributed by atoms with Crippen molar-refractivity contribution in [3.63, 3.8) is 0 Å². The summed E-state index contributed by atoms with van der Waals surface area (Å²) in [6, 6.07) is 12.8. The second-order valence-electron chi connectivity index (χ2n) is 5.37. The summed E-state index contributed by atoms with van der Waals surface area (Å²) in [5.74, 6) is 2.57.